The van der Waals surface area contributed by atoms with Gasteiger partial charge in [-0.2, -0.15) is 0 Å². The highest BCUT2D eigenvalue weighted by atomic mass is 35.5. The van der Waals surface area contributed by atoms with Crippen molar-refractivity contribution in [3.05, 3.63) is 0 Å². The van der Waals surface area contributed by atoms with Crippen molar-refractivity contribution < 1.29 is 8.42 Å². The summed E-state index contributed by atoms with van der Waals surface area (Å²) in [5.74, 6) is 1.99. The number of hydrogen-bond acceptors (Lipinski definition) is 2. The van der Waals surface area contributed by atoms with E-state index in [1.165, 1.54) is 31.9 Å². The van der Waals surface area contributed by atoms with Crippen molar-refractivity contribution in [3.63, 3.8) is 0 Å². The van der Waals surface area contributed by atoms with Crippen LogP contribution in [0.15, 0.2) is 0 Å². The van der Waals surface area contributed by atoms with E-state index in [4.69, 9.17) is 11.6 Å². The van der Waals surface area contributed by atoms with Crippen LogP contribution in [0.2, 0.25) is 0 Å². The Hall–Kier alpha value is 0.240. The Morgan fingerprint density at radius 2 is 1.93 bits per heavy atom. The molecule has 2 nitrogen and oxygen atoms in total. The molecule has 0 radical (unpaired) electrons. The average molecular weight is 239 g/mol. The number of halogens is 1. The minimum absolute atomic E-state index is 0.293. The molecule has 1 saturated carbocycles. The third-order valence-electron chi connectivity index (χ3n) is 3.12. The fraction of sp³-hybridized carbons (Fsp3) is 1.00. The molecular weight excluding hydrogens is 220 g/mol. The van der Waals surface area contributed by atoms with Crippen molar-refractivity contribution in [1.82, 2.24) is 0 Å². The Morgan fingerprint density at radius 1 is 1.36 bits per heavy atom. The SMILES string of the molecule is CS(=O)(=O)CCC(CCl)C1CCCC1. The van der Waals surface area contributed by atoms with Gasteiger partial charge in [0.1, 0.15) is 9.84 Å². The Labute approximate surface area is 91.9 Å². The van der Waals surface area contributed by atoms with Crippen LogP contribution in [0.3, 0.4) is 0 Å². The maximum absolute atomic E-state index is 11.0. The predicted molar refractivity (Wildman–Crippen MR) is 60.5 cm³/mol. The first-order valence-electron chi connectivity index (χ1n) is 5.26. The third kappa shape index (κ3) is 4.18. The van der Waals surface area contributed by atoms with Gasteiger partial charge < -0.3 is 0 Å². The summed E-state index contributed by atoms with van der Waals surface area (Å²) in [5.41, 5.74) is 0. The Bertz CT molecular complexity index is 255. The molecule has 0 N–H and O–H groups in total. The highest BCUT2D eigenvalue weighted by molar-refractivity contribution is 7.90. The molecule has 1 aliphatic rings. The number of alkyl halides is 1. The van der Waals surface area contributed by atoms with Gasteiger partial charge in [-0.3, -0.25) is 0 Å². The molecule has 84 valence electrons. The first-order valence-corrected chi connectivity index (χ1v) is 7.86. The molecule has 0 aliphatic heterocycles. The lowest BCUT2D eigenvalue weighted by molar-refractivity contribution is 0.362. The highest BCUT2D eigenvalue weighted by Crippen LogP contribution is 2.33. The molecule has 1 atom stereocenters. The van der Waals surface area contributed by atoms with Gasteiger partial charge in [-0.1, -0.05) is 25.7 Å². The second kappa shape index (κ2) is 5.36. The van der Waals surface area contributed by atoms with E-state index < -0.39 is 9.84 Å². The molecule has 1 rings (SSSR count). The Morgan fingerprint density at radius 3 is 2.36 bits per heavy atom. The molecule has 0 bridgehead atoms. The van der Waals surface area contributed by atoms with Crippen molar-refractivity contribution >= 4 is 21.4 Å². The van der Waals surface area contributed by atoms with Gasteiger partial charge in [0.2, 0.25) is 0 Å². The van der Waals surface area contributed by atoms with Crippen LogP contribution in [0.1, 0.15) is 32.1 Å². The van der Waals surface area contributed by atoms with Gasteiger partial charge in [-0.15, -0.1) is 11.6 Å². The zero-order chi connectivity index (χ0) is 10.6. The molecule has 1 unspecified atom stereocenters. The number of rotatable bonds is 5. The largest absolute Gasteiger partial charge is 0.229 e. The Balaban J connectivity index is 2.38. The zero-order valence-corrected chi connectivity index (χ0v) is 10.3. The lowest BCUT2D eigenvalue weighted by atomic mass is 9.90. The van der Waals surface area contributed by atoms with Gasteiger partial charge in [-0.05, 0) is 18.3 Å². The minimum Gasteiger partial charge on any atom is -0.229 e. The zero-order valence-electron chi connectivity index (χ0n) is 8.71. The van der Waals surface area contributed by atoms with Gasteiger partial charge in [0.25, 0.3) is 0 Å². The second-order valence-electron chi connectivity index (χ2n) is 4.38. The predicted octanol–water partition coefficient (Wildman–Crippen LogP) is 2.47. The summed E-state index contributed by atoms with van der Waals surface area (Å²) >= 11 is 5.88. The molecule has 14 heavy (non-hydrogen) atoms. The summed E-state index contributed by atoms with van der Waals surface area (Å²) in [6.45, 7) is 0. The van der Waals surface area contributed by atoms with E-state index >= 15 is 0 Å². The fourth-order valence-electron chi connectivity index (χ4n) is 2.23. The summed E-state index contributed by atoms with van der Waals surface area (Å²) in [6.07, 6.45) is 7.09. The van der Waals surface area contributed by atoms with Crippen molar-refractivity contribution in [2.45, 2.75) is 32.1 Å². The minimum atomic E-state index is -2.82. The molecule has 0 aromatic rings. The Kier molecular flexibility index (Phi) is 4.71. The van der Waals surface area contributed by atoms with Crippen LogP contribution in [0, 0.1) is 11.8 Å². The monoisotopic (exact) mass is 238 g/mol. The molecule has 1 aliphatic carbocycles. The van der Waals surface area contributed by atoms with E-state index in [0.717, 1.165) is 6.42 Å². The average Bonchev–Trinajstić information content (AvgIpc) is 2.56. The lowest BCUT2D eigenvalue weighted by Crippen LogP contribution is -2.17. The van der Waals surface area contributed by atoms with Crippen LogP contribution in [0.25, 0.3) is 0 Å². The maximum Gasteiger partial charge on any atom is 0.147 e. The van der Waals surface area contributed by atoms with Crippen LogP contribution in [-0.2, 0) is 9.84 Å². The maximum atomic E-state index is 11.0. The third-order valence-corrected chi connectivity index (χ3v) is 4.50. The molecule has 0 saturated heterocycles. The van der Waals surface area contributed by atoms with Crippen LogP contribution in [-0.4, -0.2) is 26.3 Å². The van der Waals surface area contributed by atoms with Crippen LogP contribution >= 0.6 is 11.6 Å². The van der Waals surface area contributed by atoms with E-state index in [1.54, 1.807) is 0 Å². The van der Waals surface area contributed by atoms with Gasteiger partial charge >= 0.3 is 0 Å². The van der Waals surface area contributed by atoms with Gasteiger partial charge in [0.05, 0.1) is 5.75 Å². The van der Waals surface area contributed by atoms with Crippen molar-refractivity contribution in [3.8, 4) is 0 Å². The standard InChI is InChI=1S/C10H19ClO2S/c1-14(12,13)7-6-10(8-11)9-4-2-3-5-9/h9-10H,2-8H2,1H3. The van der Waals surface area contributed by atoms with E-state index in [2.05, 4.69) is 0 Å². The second-order valence-corrected chi connectivity index (χ2v) is 6.95. The van der Waals surface area contributed by atoms with Crippen molar-refractivity contribution in [2.75, 3.05) is 17.9 Å². The number of sulfone groups is 1. The van der Waals surface area contributed by atoms with Crippen LogP contribution in [0.5, 0.6) is 0 Å². The summed E-state index contributed by atoms with van der Waals surface area (Å²) in [6, 6.07) is 0. The molecule has 0 heterocycles. The molecule has 4 heteroatoms. The first-order chi connectivity index (χ1) is 6.53. The van der Waals surface area contributed by atoms with Gasteiger partial charge in [0.15, 0.2) is 0 Å². The van der Waals surface area contributed by atoms with Gasteiger partial charge in [0, 0.05) is 12.1 Å². The van der Waals surface area contributed by atoms with Crippen molar-refractivity contribution in [2.24, 2.45) is 11.8 Å². The molecule has 0 spiro atoms. The summed E-state index contributed by atoms with van der Waals surface area (Å²) in [5, 5.41) is 0. The van der Waals surface area contributed by atoms with E-state index in [-0.39, 0.29) is 0 Å². The quantitative estimate of drug-likeness (QED) is 0.690. The summed E-state index contributed by atoms with van der Waals surface area (Å²) in [4.78, 5) is 0. The summed E-state index contributed by atoms with van der Waals surface area (Å²) in [7, 11) is -2.82. The van der Waals surface area contributed by atoms with E-state index in [1.807, 2.05) is 0 Å². The molecule has 1 fully saturated rings. The summed E-state index contributed by atoms with van der Waals surface area (Å²) < 4.78 is 22.0. The van der Waals surface area contributed by atoms with Gasteiger partial charge in [-0.25, -0.2) is 8.42 Å². The van der Waals surface area contributed by atoms with Crippen molar-refractivity contribution in [1.29, 1.82) is 0 Å². The molecule has 0 aromatic heterocycles. The molecule has 0 amide bonds. The van der Waals surface area contributed by atoms with Crippen LogP contribution < -0.4 is 0 Å². The van der Waals surface area contributed by atoms with E-state index in [9.17, 15) is 8.42 Å². The number of hydrogen-bond donors (Lipinski definition) is 0. The molecular formula is C10H19ClO2S. The smallest absolute Gasteiger partial charge is 0.147 e. The lowest BCUT2D eigenvalue weighted by Gasteiger charge is -2.20. The highest BCUT2D eigenvalue weighted by Gasteiger charge is 2.24. The fourth-order valence-corrected chi connectivity index (χ4v) is 3.37. The molecule has 0 aromatic carbocycles. The van der Waals surface area contributed by atoms with E-state index in [0.29, 0.717) is 23.5 Å². The topological polar surface area (TPSA) is 34.1 Å². The normalized spacial score (nSPS) is 21.3. The van der Waals surface area contributed by atoms with Crippen LogP contribution in [0.4, 0.5) is 0 Å². The first kappa shape index (κ1) is 12.3.